The second kappa shape index (κ2) is 4.47. The van der Waals surface area contributed by atoms with Crippen molar-refractivity contribution < 1.29 is 4.79 Å². The second-order valence-corrected chi connectivity index (χ2v) is 4.07. The Kier molecular flexibility index (Phi) is 3.05. The number of amides is 1. The number of hydrogen-bond acceptors (Lipinski definition) is 1. The summed E-state index contributed by atoms with van der Waals surface area (Å²) in [5, 5.41) is 0. The van der Waals surface area contributed by atoms with Crippen molar-refractivity contribution >= 4 is 5.91 Å². The first-order chi connectivity index (χ1) is 7.33. The minimum absolute atomic E-state index is 0.194. The van der Waals surface area contributed by atoms with E-state index in [1.54, 1.807) is 0 Å². The highest BCUT2D eigenvalue weighted by Gasteiger charge is 2.27. The number of carbonyl (C=O) groups is 1. The Morgan fingerprint density at radius 1 is 1.40 bits per heavy atom. The van der Waals surface area contributed by atoms with Gasteiger partial charge in [0.15, 0.2) is 0 Å². The smallest absolute Gasteiger partial charge is 0.254 e. The van der Waals surface area contributed by atoms with Crippen LogP contribution in [0.3, 0.4) is 0 Å². The lowest BCUT2D eigenvalue weighted by atomic mass is 10.1. The molecule has 2 rings (SSSR count). The summed E-state index contributed by atoms with van der Waals surface area (Å²) in [6.45, 7) is 3.08. The first kappa shape index (κ1) is 10.2. The predicted octanol–water partition coefficient (Wildman–Crippen LogP) is 2.70. The molecule has 0 bridgehead atoms. The van der Waals surface area contributed by atoms with Crippen molar-refractivity contribution in [2.45, 2.75) is 32.2 Å². The van der Waals surface area contributed by atoms with Gasteiger partial charge in [-0.25, -0.2) is 0 Å². The molecule has 1 heterocycles. The monoisotopic (exact) mass is 203 g/mol. The molecule has 1 fully saturated rings. The van der Waals surface area contributed by atoms with Gasteiger partial charge in [0, 0.05) is 18.2 Å². The Bertz CT molecular complexity index is 334. The molecule has 15 heavy (non-hydrogen) atoms. The molecule has 1 aromatic rings. The average Bonchev–Trinajstić information content (AvgIpc) is 2.77. The van der Waals surface area contributed by atoms with Crippen LogP contribution < -0.4 is 0 Å². The van der Waals surface area contributed by atoms with Crippen molar-refractivity contribution in [1.29, 1.82) is 0 Å². The second-order valence-electron chi connectivity index (χ2n) is 4.07. The number of benzene rings is 1. The Labute approximate surface area is 90.9 Å². The van der Waals surface area contributed by atoms with Crippen LogP contribution in [0.15, 0.2) is 30.3 Å². The zero-order chi connectivity index (χ0) is 10.7. The summed E-state index contributed by atoms with van der Waals surface area (Å²) in [4.78, 5) is 14.2. The van der Waals surface area contributed by atoms with Crippen LogP contribution in [0.2, 0.25) is 0 Å². The minimum Gasteiger partial charge on any atom is -0.336 e. The molecule has 2 heteroatoms. The molecule has 1 atom stereocenters. The SMILES string of the molecule is CC[C@H]1CCCN1C(=O)c1ccccc1. The van der Waals surface area contributed by atoms with Gasteiger partial charge in [0.05, 0.1) is 0 Å². The third-order valence-electron chi connectivity index (χ3n) is 3.13. The maximum Gasteiger partial charge on any atom is 0.254 e. The number of carbonyl (C=O) groups excluding carboxylic acids is 1. The summed E-state index contributed by atoms with van der Waals surface area (Å²) in [6.07, 6.45) is 3.38. The lowest BCUT2D eigenvalue weighted by Crippen LogP contribution is -2.34. The number of likely N-dealkylation sites (tertiary alicyclic amines) is 1. The van der Waals surface area contributed by atoms with Crippen LogP contribution in [0.4, 0.5) is 0 Å². The Balaban J connectivity index is 2.14. The van der Waals surface area contributed by atoms with Crippen molar-refractivity contribution in [2.75, 3.05) is 6.54 Å². The van der Waals surface area contributed by atoms with Gasteiger partial charge in [0.2, 0.25) is 0 Å². The topological polar surface area (TPSA) is 20.3 Å². The summed E-state index contributed by atoms with van der Waals surface area (Å²) in [5.74, 6) is 0.194. The van der Waals surface area contributed by atoms with Gasteiger partial charge in [-0.1, -0.05) is 25.1 Å². The van der Waals surface area contributed by atoms with E-state index in [4.69, 9.17) is 0 Å². The van der Waals surface area contributed by atoms with Crippen molar-refractivity contribution in [2.24, 2.45) is 0 Å². The molecule has 0 N–H and O–H groups in total. The molecule has 1 aromatic carbocycles. The lowest BCUT2D eigenvalue weighted by Gasteiger charge is -2.23. The normalized spacial score (nSPS) is 20.6. The lowest BCUT2D eigenvalue weighted by molar-refractivity contribution is 0.0733. The van der Waals surface area contributed by atoms with Gasteiger partial charge in [-0.2, -0.15) is 0 Å². The fourth-order valence-electron chi connectivity index (χ4n) is 2.27. The average molecular weight is 203 g/mol. The van der Waals surface area contributed by atoms with E-state index in [0.717, 1.165) is 31.4 Å². The van der Waals surface area contributed by atoms with E-state index in [2.05, 4.69) is 6.92 Å². The third-order valence-corrected chi connectivity index (χ3v) is 3.13. The molecule has 0 unspecified atom stereocenters. The quantitative estimate of drug-likeness (QED) is 0.723. The number of hydrogen-bond donors (Lipinski definition) is 0. The zero-order valence-corrected chi connectivity index (χ0v) is 9.15. The Hall–Kier alpha value is -1.31. The van der Waals surface area contributed by atoms with E-state index >= 15 is 0 Å². The van der Waals surface area contributed by atoms with E-state index in [0.29, 0.717) is 6.04 Å². The first-order valence-corrected chi connectivity index (χ1v) is 5.69. The molecule has 0 aromatic heterocycles. The van der Waals surface area contributed by atoms with Gasteiger partial charge >= 0.3 is 0 Å². The highest BCUT2D eigenvalue weighted by molar-refractivity contribution is 5.94. The fourth-order valence-corrected chi connectivity index (χ4v) is 2.27. The van der Waals surface area contributed by atoms with E-state index in [1.165, 1.54) is 0 Å². The van der Waals surface area contributed by atoms with Gasteiger partial charge in [-0.15, -0.1) is 0 Å². The maximum absolute atomic E-state index is 12.1. The van der Waals surface area contributed by atoms with Crippen molar-refractivity contribution in [3.8, 4) is 0 Å². The minimum atomic E-state index is 0.194. The van der Waals surface area contributed by atoms with Crippen molar-refractivity contribution in [3.63, 3.8) is 0 Å². The number of nitrogens with zero attached hydrogens (tertiary/aromatic N) is 1. The standard InChI is InChI=1S/C13H17NO/c1-2-12-9-6-10-14(12)13(15)11-7-4-3-5-8-11/h3-5,7-8,12H,2,6,9-10H2,1H3/t12-/m0/s1. The van der Waals surface area contributed by atoms with E-state index < -0.39 is 0 Å². The van der Waals surface area contributed by atoms with Crippen LogP contribution in [-0.2, 0) is 0 Å². The highest BCUT2D eigenvalue weighted by atomic mass is 16.2. The van der Waals surface area contributed by atoms with Gasteiger partial charge in [0.25, 0.3) is 5.91 Å². The molecule has 0 aliphatic carbocycles. The molecule has 1 saturated heterocycles. The van der Waals surface area contributed by atoms with Crippen LogP contribution in [0.1, 0.15) is 36.5 Å². The van der Waals surface area contributed by atoms with Gasteiger partial charge < -0.3 is 4.90 Å². The van der Waals surface area contributed by atoms with Gasteiger partial charge in [-0.3, -0.25) is 4.79 Å². The van der Waals surface area contributed by atoms with Gasteiger partial charge in [0.1, 0.15) is 0 Å². The van der Waals surface area contributed by atoms with Crippen LogP contribution in [0.5, 0.6) is 0 Å². The van der Waals surface area contributed by atoms with Gasteiger partial charge in [-0.05, 0) is 31.4 Å². The van der Waals surface area contributed by atoms with Crippen LogP contribution >= 0.6 is 0 Å². The maximum atomic E-state index is 12.1. The molecular formula is C13H17NO. The van der Waals surface area contributed by atoms with Crippen LogP contribution in [0.25, 0.3) is 0 Å². The predicted molar refractivity (Wildman–Crippen MR) is 60.8 cm³/mol. The fraction of sp³-hybridized carbons (Fsp3) is 0.462. The molecule has 1 aliphatic rings. The summed E-state index contributed by atoms with van der Waals surface area (Å²) in [5.41, 5.74) is 0.817. The van der Waals surface area contributed by atoms with E-state index in [-0.39, 0.29) is 5.91 Å². The molecule has 2 nitrogen and oxygen atoms in total. The van der Waals surface area contributed by atoms with Crippen LogP contribution in [0, 0.1) is 0 Å². The Morgan fingerprint density at radius 3 is 2.80 bits per heavy atom. The highest BCUT2D eigenvalue weighted by Crippen LogP contribution is 2.21. The van der Waals surface area contributed by atoms with Crippen molar-refractivity contribution in [3.05, 3.63) is 35.9 Å². The summed E-state index contributed by atoms with van der Waals surface area (Å²) >= 11 is 0. The molecule has 0 spiro atoms. The molecule has 1 aliphatic heterocycles. The van der Waals surface area contributed by atoms with E-state index in [1.807, 2.05) is 35.2 Å². The molecular weight excluding hydrogens is 186 g/mol. The molecule has 1 amide bonds. The van der Waals surface area contributed by atoms with Crippen molar-refractivity contribution in [1.82, 2.24) is 4.90 Å². The molecule has 80 valence electrons. The largest absolute Gasteiger partial charge is 0.336 e. The van der Waals surface area contributed by atoms with Crippen LogP contribution in [-0.4, -0.2) is 23.4 Å². The number of rotatable bonds is 2. The summed E-state index contributed by atoms with van der Waals surface area (Å²) in [6, 6.07) is 10.0. The summed E-state index contributed by atoms with van der Waals surface area (Å²) in [7, 11) is 0. The molecule has 0 saturated carbocycles. The zero-order valence-electron chi connectivity index (χ0n) is 9.15. The van der Waals surface area contributed by atoms with E-state index in [9.17, 15) is 4.79 Å². The molecule has 0 radical (unpaired) electrons. The Morgan fingerprint density at radius 2 is 2.13 bits per heavy atom. The third kappa shape index (κ3) is 2.04. The summed E-state index contributed by atoms with van der Waals surface area (Å²) < 4.78 is 0. The first-order valence-electron chi connectivity index (χ1n) is 5.69.